The largest absolute Gasteiger partial charge is 0.493 e. The van der Waals surface area contributed by atoms with Gasteiger partial charge in [0.2, 0.25) is 10.0 Å². The van der Waals surface area contributed by atoms with E-state index in [-0.39, 0.29) is 6.04 Å². The zero-order valence-corrected chi connectivity index (χ0v) is 10.3. The van der Waals surface area contributed by atoms with Crippen LogP contribution in [-0.2, 0) is 16.4 Å². The van der Waals surface area contributed by atoms with E-state index in [2.05, 4.69) is 4.72 Å². The number of benzene rings is 1. The first-order valence-electron chi connectivity index (χ1n) is 5.93. The average Bonchev–Trinajstić information content (AvgIpc) is 3.11. The van der Waals surface area contributed by atoms with Crippen LogP contribution in [0.1, 0.15) is 24.8 Å². The van der Waals surface area contributed by atoms with E-state index in [9.17, 15) is 8.42 Å². The molecular weight excluding hydrogens is 238 g/mol. The van der Waals surface area contributed by atoms with Crippen LogP contribution in [0.2, 0.25) is 0 Å². The molecule has 1 aromatic carbocycles. The van der Waals surface area contributed by atoms with Crippen molar-refractivity contribution in [3.05, 3.63) is 23.8 Å². The predicted octanol–water partition coefficient (Wildman–Crippen LogP) is 1.45. The van der Waals surface area contributed by atoms with Crippen molar-refractivity contribution in [1.82, 2.24) is 4.72 Å². The maximum Gasteiger partial charge on any atom is 0.240 e. The molecule has 0 aromatic heterocycles. The van der Waals surface area contributed by atoms with Gasteiger partial charge in [-0.05, 0) is 49.4 Å². The molecule has 1 aliphatic heterocycles. The number of rotatable bonds is 3. The fourth-order valence-corrected chi connectivity index (χ4v) is 3.35. The van der Waals surface area contributed by atoms with Crippen LogP contribution in [-0.4, -0.2) is 21.1 Å². The molecule has 17 heavy (non-hydrogen) atoms. The molecule has 0 atom stereocenters. The number of sulfonamides is 1. The van der Waals surface area contributed by atoms with Gasteiger partial charge in [0, 0.05) is 6.04 Å². The summed E-state index contributed by atoms with van der Waals surface area (Å²) >= 11 is 0. The van der Waals surface area contributed by atoms with E-state index in [4.69, 9.17) is 4.74 Å². The maximum atomic E-state index is 12.0. The van der Waals surface area contributed by atoms with E-state index in [1.165, 1.54) is 0 Å². The van der Waals surface area contributed by atoms with Gasteiger partial charge in [-0.15, -0.1) is 0 Å². The van der Waals surface area contributed by atoms with Gasteiger partial charge in [-0.25, -0.2) is 13.1 Å². The second-order valence-electron chi connectivity index (χ2n) is 4.62. The molecule has 1 fully saturated rings. The highest BCUT2D eigenvalue weighted by Crippen LogP contribution is 2.28. The second kappa shape index (κ2) is 3.99. The Morgan fingerprint density at radius 2 is 2.12 bits per heavy atom. The van der Waals surface area contributed by atoms with Gasteiger partial charge in [0.05, 0.1) is 11.5 Å². The lowest BCUT2D eigenvalue weighted by atomic mass is 10.1. The molecule has 2 aliphatic rings. The van der Waals surface area contributed by atoms with Crippen molar-refractivity contribution in [3.8, 4) is 5.75 Å². The quantitative estimate of drug-likeness (QED) is 0.887. The summed E-state index contributed by atoms with van der Waals surface area (Å²) in [5.41, 5.74) is 0.995. The Morgan fingerprint density at radius 1 is 1.29 bits per heavy atom. The predicted molar refractivity (Wildman–Crippen MR) is 63.6 cm³/mol. The Morgan fingerprint density at radius 3 is 2.88 bits per heavy atom. The zero-order valence-electron chi connectivity index (χ0n) is 9.48. The fraction of sp³-hybridized carbons (Fsp3) is 0.500. The summed E-state index contributed by atoms with van der Waals surface area (Å²) < 4.78 is 32.2. The molecule has 0 radical (unpaired) electrons. The summed E-state index contributed by atoms with van der Waals surface area (Å²) in [6, 6.07) is 5.26. The summed E-state index contributed by atoms with van der Waals surface area (Å²) in [5, 5.41) is 0. The van der Waals surface area contributed by atoms with Gasteiger partial charge in [-0.3, -0.25) is 0 Å². The molecule has 0 bridgehead atoms. The molecule has 92 valence electrons. The Balaban J connectivity index is 1.92. The van der Waals surface area contributed by atoms with E-state index in [0.29, 0.717) is 4.90 Å². The van der Waals surface area contributed by atoms with Crippen LogP contribution in [0.3, 0.4) is 0 Å². The van der Waals surface area contributed by atoms with Gasteiger partial charge in [0.25, 0.3) is 0 Å². The van der Waals surface area contributed by atoms with E-state index < -0.39 is 10.0 Å². The van der Waals surface area contributed by atoms with Gasteiger partial charge in [-0.1, -0.05) is 0 Å². The summed E-state index contributed by atoms with van der Waals surface area (Å²) in [5.74, 6) is 0.821. The minimum Gasteiger partial charge on any atom is -0.493 e. The molecule has 1 N–H and O–H groups in total. The first-order valence-corrected chi connectivity index (χ1v) is 7.41. The molecule has 1 aromatic rings. The lowest BCUT2D eigenvalue weighted by Crippen LogP contribution is -2.26. The molecule has 0 unspecified atom stereocenters. The van der Waals surface area contributed by atoms with Crippen molar-refractivity contribution >= 4 is 10.0 Å². The van der Waals surface area contributed by atoms with Crippen LogP contribution in [0.5, 0.6) is 5.75 Å². The standard InChI is InChI=1S/C12H15NO3S/c14-17(15,13-10-3-4-10)11-5-6-12-9(8-11)2-1-7-16-12/h5-6,8,10,13H,1-4,7H2. The van der Waals surface area contributed by atoms with Gasteiger partial charge in [-0.2, -0.15) is 0 Å². The Hall–Kier alpha value is -1.07. The lowest BCUT2D eigenvalue weighted by Gasteiger charge is -2.17. The average molecular weight is 253 g/mol. The van der Waals surface area contributed by atoms with Crippen LogP contribution >= 0.6 is 0 Å². The van der Waals surface area contributed by atoms with Crippen LogP contribution in [0, 0.1) is 0 Å². The zero-order chi connectivity index (χ0) is 11.9. The fourth-order valence-electron chi connectivity index (χ4n) is 1.99. The first kappa shape index (κ1) is 11.0. The van der Waals surface area contributed by atoms with Crippen molar-refractivity contribution in [2.75, 3.05) is 6.61 Å². The van der Waals surface area contributed by atoms with Gasteiger partial charge >= 0.3 is 0 Å². The number of fused-ring (bicyclic) bond motifs is 1. The van der Waals surface area contributed by atoms with Crippen molar-refractivity contribution in [3.63, 3.8) is 0 Å². The molecule has 0 amide bonds. The third kappa shape index (κ3) is 2.30. The molecule has 4 nitrogen and oxygen atoms in total. The summed E-state index contributed by atoms with van der Waals surface area (Å²) in [6.45, 7) is 0.722. The van der Waals surface area contributed by atoms with E-state index in [0.717, 1.165) is 43.6 Å². The smallest absolute Gasteiger partial charge is 0.240 e. The molecule has 3 rings (SSSR count). The topological polar surface area (TPSA) is 55.4 Å². The monoisotopic (exact) mass is 253 g/mol. The van der Waals surface area contributed by atoms with Crippen molar-refractivity contribution in [2.45, 2.75) is 36.6 Å². The van der Waals surface area contributed by atoms with Crippen LogP contribution in [0.15, 0.2) is 23.1 Å². The van der Waals surface area contributed by atoms with Crippen molar-refractivity contribution in [1.29, 1.82) is 0 Å². The molecule has 5 heteroatoms. The van der Waals surface area contributed by atoms with E-state index in [1.807, 2.05) is 0 Å². The van der Waals surface area contributed by atoms with Crippen LogP contribution < -0.4 is 9.46 Å². The number of hydrogen-bond acceptors (Lipinski definition) is 3. The van der Waals surface area contributed by atoms with Gasteiger partial charge < -0.3 is 4.74 Å². The number of ether oxygens (including phenoxy) is 1. The van der Waals surface area contributed by atoms with E-state index in [1.54, 1.807) is 18.2 Å². The number of aryl methyl sites for hydroxylation is 1. The van der Waals surface area contributed by atoms with Crippen LogP contribution in [0.4, 0.5) is 0 Å². The van der Waals surface area contributed by atoms with E-state index >= 15 is 0 Å². The molecule has 0 saturated heterocycles. The highest BCUT2D eigenvalue weighted by Gasteiger charge is 2.28. The SMILES string of the molecule is O=S(=O)(NC1CC1)c1ccc2c(c1)CCCO2. The Bertz CT molecular complexity index is 535. The van der Waals surface area contributed by atoms with Crippen molar-refractivity contribution in [2.24, 2.45) is 0 Å². The van der Waals surface area contributed by atoms with Gasteiger partial charge in [0.1, 0.15) is 5.75 Å². The molecule has 1 saturated carbocycles. The third-order valence-electron chi connectivity index (χ3n) is 3.09. The normalized spacial score (nSPS) is 19.5. The molecule has 1 heterocycles. The Kier molecular flexibility index (Phi) is 2.60. The maximum absolute atomic E-state index is 12.0. The minimum absolute atomic E-state index is 0.146. The van der Waals surface area contributed by atoms with Crippen molar-refractivity contribution < 1.29 is 13.2 Å². The lowest BCUT2D eigenvalue weighted by molar-refractivity contribution is 0.288. The summed E-state index contributed by atoms with van der Waals surface area (Å²) in [7, 11) is -3.34. The Labute approximate surface area is 101 Å². The third-order valence-corrected chi connectivity index (χ3v) is 4.61. The number of nitrogens with one attached hydrogen (secondary N) is 1. The highest BCUT2D eigenvalue weighted by atomic mass is 32.2. The highest BCUT2D eigenvalue weighted by molar-refractivity contribution is 7.89. The number of hydrogen-bond donors (Lipinski definition) is 1. The summed E-state index contributed by atoms with van der Waals surface area (Å²) in [6.07, 6.45) is 3.75. The van der Waals surface area contributed by atoms with Crippen LogP contribution in [0.25, 0.3) is 0 Å². The van der Waals surface area contributed by atoms with Gasteiger partial charge in [0.15, 0.2) is 0 Å². The summed E-state index contributed by atoms with van der Waals surface area (Å²) in [4.78, 5) is 0.355. The molecule has 1 aliphatic carbocycles. The molecular formula is C12H15NO3S. The first-order chi connectivity index (χ1) is 8.15. The minimum atomic E-state index is -3.34. The second-order valence-corrected chi connectivity index (χ2v) is 6.33. The molecule has 0 spiro atoms.